The molecule has 0 fully saturated rings. The average Bonchev–Trinajstić information content (AvgIpc) is 2.78. The lowest BCUT2D eigenvalue weighted by molar-refractivity contribution is -0.126. The molecule has 5 heteroatoms. The predicted molar refractivity (Wildman–Crippen MR) is 68.9 cm³/mol. The van der Waals surface area contributed by atoms with E-state index < -0.39 is 6.10 Å². The first kappa shape index (κ1) is 13.9. The second-order valence-corrected chi connectivity index (χ2v) is 4.66. The van der Waals surface area contributed by atoms with E-state index in [0.29, 0.717) is 0 Å². The third-order valence-electron chi connectivity index (χ3n) is 2.15. The fourth-order valence-electron chi connectivity index (χ4n) is 1.32. The number of carbonyl (C=O) groups excluding carboxylic acids is 1. The van der Waals surface area contributed by atoms with Gasteiger partial charge in [-0.1, -0.05) is 6.07 Å². The lowest BCUT2D eigenvalue weighted by atomic mass is 10.3. The van der Waals surface area contributed by atoms with Crippen LogP contribution < -0.4 is 0 Å². The number of rotatable bonds is 6. The number of thiophene rings is 1. The van der Waals surface area contributed by atoms with Crippen LogP contribution in [0.3, 0.4) is 0 Å². The smallest absolute Gasteiger partial charge is 0.246 e. The summed E-state index contributed by atoms with van der Waals surface area (Å²) in [6.07, 6.45) is 2.63. The number of carbonyl (C=O) groups is 1. The molecule has 1 N–H and O–H groups in total. The van der Waals surface area contributed by atoms with Crippen molar-refractivity contribution in [2.24, 2.45) is 0 Å². The van der Waals surface area contributed by atoms with Crippen molar-refractivity contribution in [1.29, 1.82) is 0 Å². The Morgan fingerprint density at radius 1 is 1.71 bits per heavy atom. The van der Waals surface area contributed by atoms with E-state index in [2.05, 4.69) is 0 Å². The van der Waals surface area contributed by atoms with Crippen LogP contribution in [0.2, 0.25) is 0 Å². The quantitative estimate of drug-likeness (QED) is 0.778. The van der Waals surface area contributed by atoms with Crippen molar-refractivity contribution in [3.05, 3.63) is 28.5 Å². The first-order valence-corrected chi connectivity index (χ1v) is 6.15. The van der Waals surface area contributed by atoms with E-state index in [1.165, 1.54) is 18.1 Å². The van der Waals surface area contributed by atoms with Gasteiger partial charge in [0.25, 0.3) is 0 Å². The summed E-state index contributed by atoms with van der Waals surface area (Å²) in [4.78, 5) is 14.2. The third-order valence-corrected chi connectivity index (χ3v) is 2.99. The highest BCUT2D eigenvalue weighted by atomic mass is 32.1. The average molecular weight is 255 g/mol. The maximum atomic E-state index is 11.7. The number of hydrogen-bond donors (Lipinski definition) is 1. The zero-order valence-electron chi connectivity index (χ0n) is 10.00. The molecule has 0 aliphatic rings. The second-order valence-electron chi connectivity index (χ2n) is 3.68. The molecule has 0 radical (unpaired) electrons. The summed E-state index contributed by atoms with van der Waals surface area (Å²) in [5, 5.41) is 11.4. The molecule has 94 valence electrons. The van der Waals surface area contributed by atoms with Gasteiger partial charge in [-0.2, -0.15) is 0 Å². The summed E-state index contributed by atoms with van der Waals surface area (Å²) >= 11 is 1.57. The molecule has 0 saturated carbocycles. The van der Waals surface area contributed by atoms with Gasteiger partial charge in [0.15, 0.2) is 0 Å². The fraction of sp³-hybridized carbons (Fsp3) is 0.417. The van der Waals surface area contributed by atoms with Gasteiger partial charge in [-0.3, -0.25) is 4.79 Å². The molecular weight excluding hydrogens is 238 g/mol. The molecule has 0 aliphatic heterocycles. The summed E-state index contributed by atoms with van der Waals surface area (Å²) in [6.45, 7) is 0.494. The molecule has 0 saturated heterocycles. The van der Waals surface area contributed by atoms with E-state index in [-0.39, 0.29) is 19.1 Å². The van der Waals surface area contributed by atoms with Gasteiger partial charge in [0.2, 0.25) is 5.91 Å². The topological polar surface area (TPSA) is 49.8 Å². The van der Waals surface area contributed by atoms with E-state index >= 15 is 0 Å². The number of aliphatic hydroxyl groups excluding tert-OH is 1. The fourth-order valence-corrected chi connectivity index (χ4v) is 1.94. The van der Waals surface area contributed by atoms with Crippen molar-refractivity contribution in [3.63, 3.8) is 0 Å². The Morgan fingerprint density at radius 2 is 2.47 bits per heavy atom. The van der Waals surface area contributed by atoms with Crippen LogP contribution in [0.15, 0.2) is 23.6 Å². The minimum atomic E-state index is -0.649. The van der Waals surface area contributed by atoms with Crippen molar-refractivity contribution >= 4 is 23.3 Å². The second kappa shape index (κ2) is 7.21. The van der Waals surface area contributed by atoms with Gasteiger partial charge in [0.05, 0.1) is 12.7 Å². The van der Waals surface area contributed by atoms with Crippen molar-refractivity contribution in [3.8, 4) is 0 Å². The molecule has 0 bridgehead atoms. The van der Waals surface area contributed by atoms with Crippen LogP contribution in [0.1, 0.15) is 4.88 Å². The van der Waals surface area contributed by atoms with Crippen molar-refractivity contribution in [2.45, 2.75) is 6.10 Å². The largest absolute Gasteiger partial charge is 0.389 e. The highest BCUT2D eigenvalue weighted by molar-refractivity contribution is 7.10. The van der Waals surface area contributed by atoms with Gasteiger partial charge in [-0.15, -0.1) is 11.3 Å². The lowest BCUT2D eigenvalue weighted by Crippen LogP contribution is -2.35. The van der Waals surface area contributed by atoms with E-state index in [1.54, 1.807) is 24.5 Å². The van der Waals surface area contributed by atoms with Crippen molar-refractivity contribution in [2.75, 3.05) is 27.3 Å². The molecule has 4 nitrogen and oxygen atoms in total. The van der Waals surface area contributed by atoms with Gasteiger partial charge < -0.3 is 14.7 Å². The minimum absolute atomic E-state index is 0.131. The standard InChI is InChI=1S/C12H17NO3S/c1-13(8-10(14)9-16-2)12(15)6-5-11-4-3-7-17-11/h3-7,10,14H,8-9H2,1-2H3/b6-5+. The number of amides is 1. The Hall–Kier alpha value is -1.17. The molecule has 1 aromatic heterocycles. The molecule has 0 spiro atoms. The Kier molecular flexibility index (Phi) is 5.90. The molecule has 17 heavy (non-hydrogen) atoms. The zero-order chi connectivity index (χ0) is 12.7. The van der Waals surface area contributed by atoms with Crippen LogP contribution in [-0.2, 0) is 9.53 Å². The van der Waals surface area contributed by atoms with Gasteiger partial charge >= 0.3 is 0 Å². The number of ether oxygens (including phenoxy) is 1. The number of methoxy groups -OCH3 is 1. The highest BCUT2D eigenvalue weighted by Crippen LogP contribution is 2.10. The lowest BCUT2D eigenvalue weighted by Gasteiger charge is -2.18. The Labute approximate surface area is 105 Å². The van der Waals surface area contributed by atoms with Crippen LogP contribution in [0.25, 0.3) is 6.08 Å². The third kappa shape index (κ3) is 5.12. The Morgan fingerprint density at radius 3 is 3.06 bits per heavy atom. The van der Waals surface area contributed by atoms with E-state index in [4.69, 9.17) is 4.74 Å². The van der Waals surface area contributed by atoms with E-state index in [0.717, 1.165) is 4.88 Å². The molecular formula is C12H17NO3S. The Bertz CT molecular complexity index is 362. The van der Waals surface area contributed by atoms with Crippen molar-refractivity contribution in [1.82, 2.24) is 4.90 Å². The van der Waals surface area contributed by atoms with Gasteiger partial charge in [-0.25, -0.2) is 0 Å². The van der Waals surface area contributed by atoms with Crippen LogP contribution in [0.5, 0.6) is 0 Å². The van der Waals surface area contributed by atoms with Gasteiger partial charge in [0, 0.05) is 31.7 Å². The van der Waals surface area contributed by atoms with Gasteiger partial charge in [-0.05, 0) is 17.5 Å². The van der Waals surface area contributed by atoms with Crippen LogP contribution >= 0.6 is 11.3 Å². The summed E-state index contributed by atoms with van der Waals surface area (Å²) in [5.41, 5.74) is 0. The van der Waals surface area contributed by atoms with Gasteiger partial charge in [0.1, 0.15) is 0 Å². The first-order chi connectivity index (χ1) is 8.13. The maximum absolute atomic E-state index is 11.7. The summed E-state index contributed by atoms with van der Waals surface area (Å²) in [7, 11) is 3.17. The minimum Gasteiger partial charge on any atom is -0.389 e. The first-order valence-electron chi connectivity index (χ1n) is 5.27. The number of likely N-dealkylation sites (N-methyl/N-ethyl adjacent to an activating group) is 1. The van der Waals surface area contributed by atoms with Crippen LogP contribution in [0, 0.1) is 0 Å². The predicted octanol–water partition coefficient (Wildman–Crippen LogP) is 1.23. The summed E-state index contributed by atoms with van der Waals surface area (Å²) in [6, 6.07) is 3.87. The highest BCUT2D eigenvalue weighted by Gasteiger charge is 2.10. The zero-order valence-corrected chi connectivity index (χ0v) is 10.8. The molecule has 0 aliphatic carbocycles. The number of aliphatic hydroxyl groups is 1. The molecule has 1 rings (SSSR count). The molecule has 1 amide bonds. The SMILES string of the molecule is COCC(O)CN(C)C(=O)/C=C/c1cccs1. The molecule has 1 heterocycles. The Balaban J connectivity index is 2.41. The molecule has 0 aromatic carbocycles. The summed E-state index contributed by atoms with van der Waals surface area (Å²) < 4.78 is 4.80. The number of hydrogen-bond acceptors (Lipinski definition) is 4. The van der Waals surface area contributed by atoms with E-state index in [9.17, 15) is 9.90 Å². The van der Waals surface area contributed by atoms with Crippen molar-refractivity contribution < 1.29 is 14.6 Å². The van der Waals surface area contributed by atoms with Crippen LogP contribution in [0.4, 0.5) is 0 Å². The number of nitrogens with zero attached hydrogens (tertiary/aromatic N) is 1. The van der Waals surface area contributed by atoms with E-state index in [1.807, 2.05) is 17.5 Å². The molecule has 1 atom stereocenters. The summed E-state index contributed by atoms with van der Waals surface area (Å²) in [5.74, 6) is -0.131. The normalized spacial score (nSPS) is 12.9. The molecule has 1 unspecified atom stereocenters. The molecule has 1 aromatic rings. The maximum Gasteiger partial charge on any atom is 0.246 e. The monoisotopic (exact) mass is 255 g/mol. The van der Waals surface area contributed by atoms with Crippen LogP contribution in [-0.4, -0.2) is 49.3 Å².